The van der Waals surface area contributed by atoms with Gasteiger partial charge in [0, 0.05) is 10.7 Å². The molecule has 1 aliphatic heterocycles. The number of nitrogens with zero attached hydrogens (tertiary/aromatic N) is 2. The number of hydrogen-bond acceptors (Lipinski definition) is 4. The van der Waals surface area contributed by atoms with Crippen LogP contribution in [0, 0.1) is 4.91 Å². The molecule has 1 heterocycles. The quantitative estimate of drug-likeness (QED) is 0.678. The summed E-state index contributed by atoms with van der Waals surface area (Å²) in [4.78, 5) is 24.9. The minimum atomic E-state index is -0.791. The topological polar surface area (TPSA) is 68.1 Å². The largest absolute Gasteiger partial charge is 0.475 e. The maximum absolute atomic E-state index is 10.9. The lowest BCUT2D eigenvalue weighted by molar-refractivity contribution is -0.119. The standard InChI is InChI=1S/C10H8N2O3/c13-9(12-14)8-6-15-10(11-8)7-4-2-1-3-5-7/h1-5,8H,6H2/t8-/m0/s1. The van der Waals surface area contributed by atoms with Gasteiger partial charge in [-0.1, -0.05) is 18.2 Å². The van der Waals surface area contributed by atoms with E-state index < -0.39 is 11.9 Å². The Balaban J connectivity index is 2.20. The van der Waals surface area contributed by atoms with Crippen molar-refractivity contribution in [3.05, 3.63) is 40.8 Å². The van der Waals surface area contributed by atoms with E-state index in [-0.39, 0.29) is 6.61 Å². The van der Waals surface area contributed by atoms with Gasteiger partial charge in [-0.25, -0.2) is 4.99 Å². The molecular formula is C10H8N2O3. The third-order valence-electron chi connectivity index (χ3n) is 2.05. The molecule has 1 aliphatic rings. The van der Waals surface area contributed by atoms with Gasteiger partial charge in [0.2, 0.25) is 5.90 Å². The first-order valence-corrected chi connectivity index (χ1v) is 4.44. The van der Waals surface area contributed by atoms with Crippen molar-refractivity contribution in [2.24, 2.45) is 10.2 Å². The summed E-state index contributed by atoms with van der Waals surface area (Å²) in [6.45, 7) is 0.0921. The van der Waals surface area contributed by atoms with Crippen molar-refractivity contribution in [2.75, 3.05) is 6.61 Å². The number of rotatable bonds is 2. The molecule has 15 heavy (non-hydrogen) atoms. The fourth-order valence-corrected chi connectivity index (χ4v) is 1.30. The zero-order valence-corrected chi connectivity index (χ0v) is 7.79. The average molecular weight is 204 g/mol. The van der Waals surface area contributed by atoms with Gasteiger partial charge in [-0.05, 0) is 12.1 Å². The fraction of sp³-hybridized carbons (Fsp3) is 0.200. The van der Waals surface area contributed by atoms with Gasteiger partial charge in [0.25, 0.3) is 0 Å². The van der Waals surface area contributed by atoms with Gasteiger partial charge in [0.1, 0.15) is 6.61 Å². The lowest BCUT2D eigenvalue weighted by Crippen LogP contribution is -2.16. The molecule has 0 saturated carbocycles. The normalized spacial score (nSPS) is 19.2. The summed E-state index contributed by atoms with van der Waals surface area (Å²) < 4.78 is 5.20. The molecule has 0 bridgehead atoms. The number of aliphatic imine (C=N–C) groups is 1. The summed E-state index contributed by atoms with van der Waals surface area (Å²) in [5, 5.41) is 2.32. The molecule has 5 nitrogen and oxygen atoms in total. The van der Waals surface area contributed by atoms with E-state index in [2.05, 4.69) is 10.2 Å². The van der Waals surface area contributed by atoms with E-state index in [0.717, 1.165) is 5.56 Å². The van der Waals surface area contributed by atoms with Crippen molar-refractivity contribution in [1.29, 1.82) is 0 Å². The Kier molecular flexibility index (Phi) is 2.53. The van der Waals surface area contributed by atoms with E-state index in [9.17, 15) is 9.70 Å². The molecule has 0 fully saturated rings. The number of benzene rings is 1. The molecule has 5 heteroatoms. The van der Waals surface area contributed by atoms with Crippen LogP contribution < -0.4 is 0 Å². The SMILES string of the molecule is O=NC(=O)[C@@H]1COC(c2ccccc2)=N1. The Morgan fingerprint density at radius 2 is 2.13 bits per heavy atom. The van der Waals surface area contributed by atoms with Crippen molar-refractivity contribution >= 4 is 11.8 Å². The van der Waals surface area contributed by atoms with Crippen LogP contribution in [-0.2, 0) is 9.53 Å². The molecular weight excluding hydrogens is 196 g/mol. The molecule has 76 valence electrons. The summed E-state index contributed by atoms with van der Waals surface area (Å²) in [5.41, 5.74) is 0.790. The third kappa shape index (κ3) is 1.90. The van der Waals surface area contributed by atoms with Gasteiger partial charge < -0.3 is 4.74 Å². The first-order valence-electron chi connectivity index (χ1n) is 4.44. The van der Waals surface area contributed by atoms with E-state index in [0.29, 0.717) is 5.90 Å². The monoisotopic (exact) mass is 204 g/mol. The molecule has 0 aliphatic carbocycles. The highest BCUT2D eigenvalue weighted by Crippen LogP contribution is 2.12. The Bertz CT molecular complexity index is 414. The minimum absolute atomic E-state index is 0.0921. The van der Waals surface area contributed by atoms with E-state index in [1.807, 2.05) is 30.3 Å². The first-order chi connectivity index (χ1) is 7.31. The fourth-order valence-electron chi connectivity index (χ4n) is 1.30. The second kappa shape index (κ2) is 4.00. The van der Waals surface area contributed by atoms with Gasteiger partial charge in [-0.2, -0.15) is 0 Å². The van der Waals surface area contributed by atoms with Crippen molar-refractivity contribution in [3.8, 4) is 0 Å². The second-order valence-corrected chi connectivity index (χ2v) is 3.06. The molecule has 1 amide bonds. The van der Waals surface area contributed by atoms with Crippen LogP contribution in [0.25, 0.3) is 0 Å². The molecule has 0 N–H and O–H groups in total. The first kappa shape index (κ1) is 9.51. The van der Waals surface area contributed by atoms with Gasteiger partial charge in [0.15, 0.2) is 6.04 Å². The molecule has 2 rings (SSSR count). The summed E-state index contributed by atoms with van der Waals surface area (Å²) in [5.74, 6) is -0.404. The van der Waals surface area contributed by atoms with E-state index in [1.54, 1.807) is 0 Å². The van der Waals surface area contributed by atoms with Crippen LogP contribution in [0.3, 0.4) is 0 Å². The Morgan fingerprint density at radius 1 is 1.40 bits per heavy atom. The highest BCUT2D eigenvalue weighted by Gasteiger charge is 2.26. The van der Waals surface area contributed by atoms with Crippen molar-refractivity contribution in [2.45, 2.75) is 6.04 Å². The number of ether oxygens (including phenoxy) is 1. The van der Waals surface area contributed by atoms with Crippen LogP contribution in [-0.4, -0.2) is 24.5 Å². The van der Waals surface area contributed by atoms with E-state index in [4.69, 9.17) is 4.74 Å². The lowest BCUT2D eigenvalue weighted by Gasteiger charge is -1.98. The number of amides is 1. The van der Waals surface area contributed by atoms with Crippen LogP contribution in [0.1, 0.15) is 5.56 Å². The van der Waals surface area contributed by atoms with Crippen LogP contribution in [0.5, 0.6) is 0 Å². The molecule has 0 radical (unpaired) electrons. The minimum Gasteiger partial charge on any atom is -0.475 e. The maximum atomic E-state index is 10.9. The van der Waals surface area contributed by atoms with Crippen molar-refractivity contribution in [1.82, 2.24) is 0 Å². The van der Waals surface area contributed by atoms with Crippen molar-refractivity contribution < 1.29 is 9.53 Å². The second-order valence-electron chi connectivity index (χ2n) is 3.06. The molecule has 0 aromatic heterocycles. The Hall–Kier alpha value is -2.04. The molecule has 0 spiro atoms. The number of nitroso groups, excluding NO2 is 1. The predicted molar refractivity (Wildman–Crippen MR) is 53.5 cm³/mol. The van der Waals surface area contributed by atoms with Crippen LogP contribution >= 0.6 is 0 Å². The predicted octanol–water partition coefficient (Wildman–Crippen LogP) is 1.13. The summed E-state index contributed by atoms with van der Waals surface area (Å²) in [6, 6.07) is 8.41. The summed E-state index contributed by atoms with van der Waals surface area (Å²) in [6.07, 6.45) is 0. The number of carbonyl (C=O) groups excluding carboxylic acids is 1. The molecule has 1 aromatic rings. The van der Waals surface area contributed by atoms with Crippen LogP contribution in [0.2, 0.25) is 0 Å². The average Bonchev–Trinajstić information content (AvgIpc) is 2.78. The smallest absolute Gasteiger partial charge is 0.314 e. The van der Waals surface area contributed by atoms with Gasteiger partial charge >= 0.3 is 5.91 Å². The molecule has 0 saturated heterocycles. The van der Waals surface area contributed by atoms with Gasteiger partial charge in [0.05, 0.1) is 0 Å². The third-order valence-corrected chi connectivity index (χ3v) is 2.05. The molecule has 1 atom stereocenters. The zero-order valence-electron chi connectivity index (χ0n) is 7.79. The summed E-state index contributed by atoms with van der Waals surface area (Å²) in [7, 11) is 0. The van der Waals surface area contributed by atoms with E-state index in [1.165, 1.54) is 0 Å². The van der Waals surface area contributed by atoms with Crippen LogP contribution in [0.4, 0.5) is 0 Å². The summed E-state index contributed by atoms with van der Waals surface area (Å²) >= 11 is 0. The highest BCUT2D eigenvalue weighted by molar-refractivity contribution is 5.98. The van der Waals surface area contributed by atoms with Crippen LogP contribution in [0.15, 0.2) is 40.5 Å². The molecule has 1 aromatic carbocycles. The highest BCUT2D eigenvalue weighted by atomic mass is 16.5. The Morgan fingerprint density at radius 3 is 2.80 bits per heavy atom. The van der Waals surface area contributed by atoms with Crippen molar-refractivity contribution in [3.63, 3.8) is 0 Å². The zero-order chi connectivity index (χ0) is 10.7. The van der Waals surface area contributed by atoms with E-state index >= 15 is 0 Å². The lowest BCUT2D eigenvalue weighted by atomic mass is 10.2. The Labute approximate surface area is 85.8 Å². The van der Waals surface area contributed by atoms with Gasteiger partial charge in [-0.3, -0.25) is 4.79 Å². The maximum Gasteiger partial charge on any atom is 0.314 e. The number of carbonyl (C=O) groups is 1. The molecule has 0 unspecified atom stereocenters. The van der Waals surface area contributed by atoms with Gasteiger partial charge in [-0.15, -0.1) is 4.91 Å². The number of hydrogen-bond donors (Lipinski definition) is 0.